The summed E-state index contributed by atoms with van der Waals surface area (Å²) < 4.78 is 127. The third-order valence-electron chi connectivity index (χ3n) is 10.2. The zero-order chi connectivity index (χ0) is 39.6. The van der Waals surface area contributed by atoms with Crippen LogP contribution in [0.5, 0.6) is 5.75 Å². The van der Waals surface area contributed by atoms with E-state index in [-0.39, 0.29) is 24.7 Å². The van der Waals surface area contributed by atoms with Gasteiger partial charge in [-0.1, -0.05) is 24.3 Å². The summed E-state index contributed by atoms with van der Waals surface area (Å²) in [5.74, 6) is -0.561. The number of fused-ring (bicyclic) bond motifs is 1. The van der Waals surface area contributed by atoms with Crippen LogP contribution >= 0.6 is 0 Å². The van der Waals surface area contributed by atoms with Gasteiger partial charge in [-0.05, 0) is 85.4 Å². The van der Waals surface area contributed by atoms with Crippen LogP contribution in [0.1, 0.15) is 41.5 Å². The highest BCUT2D eigenvalue weighted by Gasteiger charge is 2.41. The van der Waals surface area contributed by atoms with E-state index in [1.807, 2.05) is 29.0 Å². The van der Waals surface area contributed by atoms with E-state index in [1.54, 1.807) is 4.90 Å². The molecule has 1 aromatic heterocycles. The van der Waals surface area contributed by atoms with Crippen LogP contribution in [-0.2, 0) is 36.8 Å². The number of nitrogens with zero attached hydrogens (tertiary/aromatic N) is 3. The highest BCUT2D eigenvalue weighted by Crippen LogP contribution is 2.40. The SMILES string of the molecule is NC1(C(=O)NCCCn2cc(-c3ccc(OC(F)(F)F)cc3)c3cc(CN4CCN(Cc5c(C(F)(F)F)cccc5C(F)(F)F)CC4)ccc32)CCNCC1. The van der Waals surface area contributed by atoms with Gasteiger partial charge in [-0.3, -0.25) is 14.6 Å². The molecule has 8 nitrogen and oxygen atoms in total. The predicted octanol–water partition coefficient (Wildman–Crippen LogP) is 7.15. The van der Waals surface area contributed by atoms with Crippen molar-refractivity contribution in [2.45, 2.75) is 63.2 Å². The molecule has 17 heteroatoms. The third-order valence-corrected chi connectivity index (χ3v) is 10.2. The summed E-state index contributed by atoms with van der Waals surface area (Å²) in [5.41, 5.74) is 5.17. The van der Waals surface area contributed by atoms with E-state index in [2.05, 4.69) is 20.3 Å². The fraction of sp³-hybridized carbons (Fsp3) is 0.447. The number of halogens is 9. The van der Waals surface area contributed by atoms with Gasteiger partial charge in [0.1, 0.15) is 5.75 Å². The number of nitrogens with one attached hydrogen (secondary N) is 2. The van der Waals surface area contributed by atoms with Crippen molar-refractivity contribution in [2.24, 2.45) is 5.73 Å². The number of carbonyl (C=O) groups excluding carboxylic acids is 1. The highest BCUT2D eigenvalue weighted by atomic mass is 19.4. The van der Waals surface area contributed by atoms with Crippen LogP contribution in [-0.4, -0.2) is 78.0 Å². The quantitative estimate of drug-likeness (QED) is 0.111. The number of alkyl halides is 9. The maximum atomic E-state index is 13.7. The van der Waals surface area contributed by atoms with Crippen molar-refractivity contribution in [3.05, 3.63) is 89.1 Å². The molecule has 2 aliphatic heterocycles. The maximum absolute atomic E-state index is 13.7. The monoisotopic (exact) mass is 784 g/mol. The maximum Gasteiger partial charge on any atom is 0.573 e. The van der Waals surface area contributed by atoms with Crippen LogP contribution in [0.4, 0.5) is 39.5 Å². The van der Waals surface area contributed by atoms with E-state index < -0.39 is 47.5 Å². The summed E-state index contributed by atoms with van der Waals surface area (Å²) in [4.78, 5) is 16.5. The van der Waals surface area contributed by atoms with Crippen molar-refractivity contribution in [1.29, 1.82) is 0 Å². The summed E-state index contributed by atoms with van der Waals surface area (Å²) >= 11 is 0. The number of hydrogen-bond donors (Lipinski definition) is 3. The molecule has 3 heterocycles. The van der Waals surface area contributed by atoms with Gasteiger partial charge in [0, 0.05) is 75.0 Å². The van der Waals surface area contributed by atoms with Crippen molar-refractivity contribution in [1.82, 2.24) is 25.0 Å². The summed E-state index contributed by atoms with van der Waals surface area (Å²) in [5, 5.41) is 6.96. The smallest absolute Gasteiger partial charge is 0.406 e. The first-order valence-electron chi connectivity index (χ1n) is 17.9. The van der Waals surface area contributed by atoms with Crippen LogP contribution in [0.2, 0.25) is 0 Å². The minimum absolute atomic E-state index is 0.198. The molecular weight excluding hydrogens is 743 g/mol. The zero-order valence-corrected chi connectivity index (χ0v) is 29.7. The minimum Gasteiger partial charge on any atom is -0.406 e. The normalized spacial score (nSPS) is 17.4. The number of carbonyl (C=O) groups is 1. The van der Waals surface area contributed by atoms with Gasteiger partial charge in [-0.25, -0.2) is 0 Å². The second-order valence-electron chi connectivity index (χ2n) is 14.1. The minimum atomic E-state index is -4.94. The number of aryl methyl sites for hydroxylation is 1. The molecule has 6 rings (SSSR count). The van der Waals surface area contributed by atoms with Gasteiger partial charge in [0.15, 0.2) is 0 Å². The molecule has 0 atom stereocenters. The first-order valence-corrected chi connectivity index (χ1v) is 17.9. The van der Waals surface area contributed by atoms with Crippen molar-refractivity contribution in [2.75, 3.05) is 45.8 Å². The van der Waals surface area contributed by atoms with Crippen LogP contribution in [0, 0.1) is 0 Å². The Balaban J connectivity index is 1.16. The van der Waals surface area contributed by atoms with Crippen molar-refractivity contribution >= 4 is 16.8 Å². The van der Waals surface area contributed by atoms with E-state index in [9.17, 15) is 44.3 Å². The van der Waals surface area contributed by atoms with Gasteiger partial charge < -0.3 is 25.7 Å². The molecule has 0 bridgehead atoms. The van der Waals surface area contributed by atoms with E-state index in [4.69, 9.17) is 5.73 Å². The second kappa shape index (κ2) is 16.0. The van der Waals surface area contributed by atoms with E-state index >= 15 is 0 Å². The van der Waals surface area contributed by atoms with E-state index in [0.29, 0.717) is 82.8 Å². The molecule has 4 aromatic rings. The summed E-state index contributed by atoms with van der Waals surface area (Å²) in [6.45, 7) is 3.46. The standard InChI is InChI=1S/C38H41F9N6O2/c39-36(40,41)31-3-1-4-32(37(42,43)44)30(31)23-52-19-17-51(18-20-52)22-25-5-10-33-28(21-25)29(26-6-8-27(9-7-26)55-38(45,46)47)24-53(33)16-2-13-50-34(54)35(48)11-14-49-15-12-35/h1,3-10,21,24,49H,2,11-20,22-23,48H2,(H,50,54). The molecule has 4 N–H and O–H groups in total. The number of ether oxygens (including phenoxy) is 1. The van der Waals surface area contributed by atoms with E-state index in [0.717, 1.165) is 28.1 Å². The van der Waals surface area contributed by atoms with Crippen molar-refractivity contribution < 1.29 is 49.0 Å². The third kappa shape index (κ3) is 9.92. The van der Waals surface area contributed by atoms with Crippen molar-refractivity contribution in [3.63, 3.8) is 0 Å². The lowest BCUT2D eigenvalue weighted by atomic mass is 9.88. The molecule has 1 amide bonds. The average molecular weight is 785 g/mol. The van der Waals surface area contributed by atoms with Crippen LogP contribution in [0.25, 0.3) is 22.0 Å². The number of piperazine rings is 1. The molecule has 2 saturated heterocycles. The Morgan fingerprint density at radius 3 is 2.00 bits per heavy atom. The lowest BCUT2D eigenvalue weighted by Crippen LogP contribution is -2.59. The number of piperidine rings is 1. The predicted molar refractivity (Wildman–Crippen MR) is 188 cm³/mol. The molecule has 3 aromatic carbocycles. The first-order chi connectivity index (χ1) is 25.9. The molecule has 0 radical (unpaired) electrons. The van der Waals surface area contributed by atoms with Crippen LogP contribution < -0.4 is 21.1 Å². The number of hydrogen-bond acceptors (Lipinski definition) is 6. The fourth-order valence-electron chi connectivity index (χ4n) is 7.30. The van der Waals surface area contributed by atoms with Gasteiger partial charge in [-0.2, -0.15) is 26.3 Å². The molecule has 55 heavy (non-hydrogen) atoms. The molecule has 0 aliphatic carbocycles. The summed E-state index contributed by atoms with van der Waals surface area (Å²) in [7, 11) is 0. The van der Waals surface area contributed by atoms with Crippen LogP contribution in [0.3, 0.4) is 0 Å². The number of nitrogens with two attached hydrogens (primary N) is 1. The lowest BCUT2D eigenvalue weighted by molar-refractivity contribution is -0.274. The molecule has 0 saturated carbocycles. The van der Waals surface area contributed by atoms with Gasteiger partial charge in [0.25, 0.3) is 0 Å². The molecule has 0 spiro atoms. The highest BCUT2D eigenvalue weighted by molar-refractivity contribution is 5.96. The Morgan fingerprint density at radius 1 is 0.818 bits per heavy atom. The first kappa shape index (κ1) is 40.3. The Kier molecular flexibility index (Phi) is 11.8. The average Bonchev–Trinajstić information content (AvgIpc) is 3.47. The number of benzene rings is 3. The molecule has 2 fully saturated rings. The zero-order valence-electron chi connectivity index (χ0n) is 29.7. The number of amides is 1. The van der Waals surface area contributed by atoms with Gasteiger partial charge in [0.2, 0.25) is 5.91 Å². The Morgan fingerprint density at radius 2 is 1.42 bits per heavy atom. The molecule has 298 valence electrons. The van der Waals surface area contributed by atoms with E-state index in [1.165, 1.54) is 24.3 Å². The van der Waals surface area contributed by atoms with Gasteiger partial charge in [0.05, 0.1) is 16.7 Å². The Bertz CT molecular complexity index is 1910. The molecule has 2 aliphatic rings. The number of rotatable bonds is 11. The summed E-state index contributed by atoms with van der Waals surface area (Å²) in [6, 6.07) is 13.5. The van der Waals surface area contributed by atoms with Gasteiger partial charge in [-0.15, -0.1) is 13.2 Å². The topological polar surface area (TPSA) is 87.8 Å². The van der Waals surface area contributed by atoms with Gasteiger partial charge >= 0.3 is 18.7 Å². The van der Waals surface area contributed by atoms with Crippen molar-refractivity contribution in [3.8, 4) is 16.9 Å². The number of aromatic nitrogens is 1. The summed E-state index contributed by atoms with van der Waals surface area (Å²) in [6.07, 6.45) is -11.2. The Labute approximate surface area is 311 Å². The lowest BCUT2D eigenvalue weighted by Gasteiger charge is -2.35. The molecule has 0 unspecified atom stereocenters. The largest absolute Gasteiger partial charge is 0.573 e. The molecular formula is C38H41F9N6O2. The Hall–Kier alpha value is -4.32. The second-order valence-corrected chi connectivity index (χ2v) is 14.1. The van der Waals surface area contributed by atoms with Crippen LogP contribution in [0.15, 0.2) is 66.9 Å². The fourth-order valence-corrected chi connectivity index (χ4v) is 7.30.